The highest BCUT2D eigenvalue weighted by molar-refractivity contribution is 6.74. The number of hydrogen-bond acceptors (Lipinski definition) is 8. The van der Waals surface area contributed by atoms with Crippen LogP contribution in [0.2, 0.25) is 18.1 Å². The second kappa shape index (κ2) is 16.8. The summed E-state index contributed by atoms with van der Waals surface area (Å²) in [6, 6.07) is 27.3. The average Bonchev–Trinajstić information content (AvgIpc) is 3.08. The van der Waals surface area contributed by atoms with Crippen molar-refractivity contribution in [1.29, 1.82) is 0 Å². The number of hydrogen-bond donors (Lipinski definition) is 0. The monoisotopic (exact) mass is 704 g/mol. The van der Waals surface area contributed by atoms with Crippen molar-refractivity contribution in [2.75, 3.05) is 7.11 Å². The Morgan fingerprint density at radius 2 is 1.24 bits per heavy atom. The van der Waals surface area contributed by atoms with Crippen LogP contribution in [0.5, 0.6) is 5.75 Å². The van der Waals surface area contributed by atoms with E-state index in [1.54, 1.807) is 14.0 Å². The topological polar surface area (TPSA) is 89.5 Å². The van der Waals surface area contributed by atoms with Crippen molar-refractivity contribution in [3.05, 3.63) is 102 Å². The Kier molecular flexibility index (Phi) is 13.2. The number of methoxy groups -OCH3 is 1. The summed E-state index contributed by atoms with van der Waals surface area (Å²) >= 11 is 0. The molecule has 0 amide bonds. The standard InChI is InChI=1S/C41H56O8Si/c1-28-34(43)36(45-25-30-17-13-11-14-18-30)39(49-50(9,10)40(3,4)5)41(6,7)38(47-27-32-21-23-33(44-8)24-22-32)37(35(28)48-29(2)42)46-26-31-19-15-12-16-20-31/h11-24,28,35-39H,25-27H2,1-10H3/t28-,35-,36+,37+,38+,39+/m1/s1. The number of carbonyl (C=O) groups is 2. The Hall–Kier alpha value is -3.34. The van der Waals surface area contributed by atoms with Crippen molar-refractivity contribution >= 4 is 20.1 Å². The van der Waals surface area contributed by atoms with Crippen LogP contribution in [-0.2, 0) is 52.8 Å². The van der Waals surface area contributed by atoms with Crippen LogP contribution in [0, 0.1) is 11.3 Å². The number of ketones is 1. The van der Waals surface area contributed by atoms with Crippen LogP contribution in [0.25, 0.3) is 0 Å². The third-order valence-corrected chi connectivity index (χ3v) is 14.7. The molecular formula is C41H56O8Si. The Morgan fingerprint density at radius 3 is 1.74 bits per heavy atom. The molecule has 0 bridgehead atoms. The van der Waals surface area contributed by atoms with Gasteiger partial charge in [-0.25, -0.2) is 0 Å². The molecule has 272 valence electrons. The summed E-state index contributed by atoms with van der Waals surface area (Å²) in [5.41, 5.74) is 1.92. The van der Waals surface area contributed by atoms with Gasteiger partial charge in [-0.1, -0.05) is 114 Å². The van der Waals surface area contributed by atoms with E-state index in [1.165, 1.54) is 6.92 Å². The third-order valence-electron chi connectivity index (χ3n) is 10.3. The van der Waals surface area contributed by atoms with Crippen LogP contribution in [0.3, 0.4) is 0 Å². The van der Waals surface area contributed by atoms with Crippen molar-refractivity contribution in [1.82, 2.24) is 0 Å². The fourth-order valence-electron chi connectivity index (χ4n) is 6.17. The minimum absolute atomic E-state index is 0.160. The van der Waals surface area contributed by atoms with Gasteiger partial charge in [-0.05, 0) is 47.0 Å². The summed E-state index contributed by atoms with van der Waals surface area (Å²) in [5.74, 6) is -0.765. The maximum Gasteiger partial charge on any atom is 0.303 e. The SMILES string of the molecule is COc1ccc(CO[C@H]2[C@@H](OCc3ccccc3)[C@H](OC(C)=O)[C@H](C)C(=O)[C@H](OCc3ccccc3)[C@H](O[Si](C)(C)C(C)(C)C)C2(C)C)cc1. The first-order chi connectivity index (χ1) is 23.5. The molecule has 0 aromatic heterocycles. The predicted octanol–water partition coefficient (Wildman–Crippen LogP) is 8.32. The molecule has 0 spiro atoms. The van der Waals surface area contributed by atoms with E-state index in [1.807, 2.05) is 84.9 Å². The van der Waals surface area contributed by atoms with E-state index < -0.39 is 56.1 Å². The molecule has 0 radical (unpaired) electrons. The Bertz CT molecular complexity index is 1520. The smallest absolute Gasteiger partial charge is 0.303 e. The Labute approximate surface area is 299 Å². The fraction of sp³-hybridized carbons (Fsp3) is 0.512. The molecular weight excluding hydrogens is 649 g/mol. The second-order valence-corrected chi connectivity index (χ2v) is 20.2. The van der Waals surface area contributed by atoms with Crippen molar-refractivity contribution in [2.24, 2.45) is 11.3 Å². The molecule has 4 rings (SSSR count). The lowest BCUT2D eigenvalue weighted by Crippen LogP contribution is -2.66. The van der Waals surface area contributed by atoms with Crippen LogP contribution < -0.4 is 4.74 Å². The number of ether oxygens (including phenoxy) is 5. The fourth-order valence-corrected chi connectivity index (χ4v) is 7.58. The van der Waals surface area contributed by atoms with E-state index in [-0.39, 0.29) is 30.6 Å². The molecule has 9 heteroatoms. The van der Waals surface area contributed by atoms with Gasteiger partial charge in [-0.2, -0.15) is 0 Å². The van der Waals surface area contributed by atoms with Crippen molar-refractivity contribution in [3.8, 4) is 5.75 Å². The van der Waals surface area contributed by atoms with Gasteiger partial charge in [0.15, 0.2) is 14.1 Å². The highest BCUT2D eigenvalue weighted by atomic mass is 28.4. The van der Waals surface area contributed by atoms with Gasteiger partial charge in [-0.3, -0.25) is 9.59 Å². The molecule has 1 fully saturated rings. The second-order valence-electron chi connectivity index (χ2n) is 15.4. The van der Waals surface area contributed by atoms with Crippen LogP contribution in [0.15, 0.2) is 84.9 Å². The normalized spacial score (nSPS) is 24.2. The summed E-state index contributed by atoms with van der Waals surface area (Å²) in [6.45, 7) is 18.8. The molecule has 0 heterocycles. The maximum absolute atomic E-state index is 14.8. The van der Waals surface area contributed by atoms with Gasteiger partial charge in [0, 0.05) is 12.3 Å². The van der Waals surface area contributed by atoms with Gasteiger partial charge >= 0.3 is 5.97 Å². The van der Waals surface area contributed by atoms with E-state index in [2.05, 4.69) is 47.7 Å². The largest absolute Gasteiger partial charge is 0.497 e. The summed E-state index contributed by atoms with van der Waals surface area (Å²) in [4.78, 5) is 27.6. The summed E-state index contributed by atoms with van der Waals surface area (Å²) < 4.78 is 39.1. The number of Topliss-reactive ketones (excluding diaryl/α,β-unsaturated/α-hetero) is 1. The van der Waals surface area contributed by atoms with Crippen LogP contribution in [-0.4, -0.2) is 57.7 Å². The van der Waals surface area contributed by atoms with Crippen LogP contribution in [0.4, 0.5) is 0 Å². The van der Waals surface area contributed by atoms with Gasteiger partial charge in [0.1, 0.15) is 24.1 Å². The van der Waals surface area contributed by atoms with Crippen LogP contribution >= 0.6 is 0 Å². The third kappa shape index (κ3) is 9.70. The molecule has 1 saturated carbocycles. The van der Waals surface area contributed by atoms with Crippen molar-refractivity contribution in [3.63, 3.8) is 0 Å². The van der Waals surface area contributed by atoms with Gasteiger partial charge in [0.25, 0.3) is 0 Å². The average molecular weight is 705 g/mol. The molecule has 0 N–H and O–H groups in total. The van der Waals surface area contributed by atoms with Gasteiger partial charge < -0.3 is 28.1 Å². The van der Waals surface area contributed by atoms with E-state index in [9.17, 15) is 9.59 Å². The first-order valence-electron chi connectivity index (χ1n) is 17.5. The molecule has 1 aliphatic carbocycles. The molecule has 0 unspecified atom stereocenters. The lowest BCUT2D eigenvalue weighted by Gasteiger charge is -2.53. The zero-order valence-corrected chi connectivity index (χ0v) is 32.4. The quantitative estimate of drug-likeness (QED) is 0.130. The number of esters is 1. The maximum atomic E-state index is 14.8. The lowest BCUT2D eigenvalue weighted by molar-refractivity contribution is -0.226. The zero-order valence-electron chi connectivity index (χ0n) is 31.4. The molecule has 1 aliphatic rings. The summed E-state index contributed by atoms with van der Waals surface area (Å²) in [6.07, 6.45) is -4.18. The Balaban J connectivity index is 1.87. The first kappa shape index (κ1) is 39.4. The molecule has 8 nitrogen and oxygen atoms in total. The first-order valence-corrected chi connectivity index (χ1v) is 20.4. The van der Waals surface area contributed by atoms with Crippen molar-refractivity contribution in [2.45, 2.75) is 117 Å². The minimum Gasteiger partial charge on any atom is -0.497 e. The molecule has 6 atom stereocenters. The lowest BCUT2D eigenvalue weighted by atomic mass is 9.69. The predicted molar refractivity (Wildman–Crippen MR) is 197 cm³/mol. The van der Waals surface area contributed by atoms with Gasteiger partial charge in [0.2, 0.25) is 0 Å². The molecule has 0 saturated heterocycles. The van der Waals surface area contributed by atoms with E-state index in [0.717, 1.165) is 22.4 Å². The van der Waals surface area contributed by atoms with E-state index in [0.29, 0.717) is 0 Å². The van der Waals surface area contributed by atoms with E-state index >= 15 is 0 Å². The van der Waals surface area contributed by atoms with Gasteiger partial charge in [-0.15, -0.1) is 0 Å². The Morgan fingerprint density at radius 1 is 0.740 bits per heavy atom. The zero-order chi connectivity index (χ0) is 36.7. The molecule has 0 aliphatic heterocycles. The molecule has 50 heavy (non-hydrogen) atoms. The minimum atomic E-state index is -2.51. The summed E-state index contributed by atoms with van der Waals surface area (Å²) in [7, 11) is -0.880. The molecule has 3 aromatic carbocycles. The van der Waals surface area contributed by atoms with Crippen LogP contribution in [0.1, 0.15) is 65.2 Å². The highest BCUT2D eigenvalue weighted by Gasteiger charge is 2.58. The number of benzene rings is 3. The number of rotatable bonds is 13. The van der Waals surface area contributed by atoms with Crippen molar-refractivity contribution < 1.29 is 37.7 Å². The highest BCUT2D eigenvalue weighted by Crippen LogP contribution is 2.46. The van der Waals surface area contributed by atoms with E-state index in [4.69, 9.17) is 28.1 Å². The summed E-state index contributed by atoms with van der Waals surface area (Å²) in [5, 5.41) is -0.160. The number of carbonyl (C=O) groups excluding carboxylic acids is 2. The molecule has 3 aromatic rings. The van der Waals surface area contributed by atoms with Gasteiger partial charge in [0.05, 0.1) is 45.1 Å².